The highest BCUT2D eigenvalue weighted by atomic mass is 35.5. The molecule has 0 bridgehead atoms. The molecular formula is C76H69Cl8N7O11S. The Kier molecular flexibility index (Phi) is 28.0. The van der Waals surface area contributed by atoms with Crippen molar-refractivity contribution in [3.05, 3.63) is 220 Å². The molecule has 9 aromatic rings. The molecule has 0 aliphatic carbocycles. The number of aliphatic carboxylic acids is 1. The van der Waals surface area contributed by atoms with E-state index in [0.29, 0.717) is 74.4 Å². The third-order valence-electron chi connectivity index (χ3n) is 15.9. The lowest BCUT2D eigenvalue weighted by molar-refractivity contribution is -0.138. The number of amidine groups is 1. The first kappa shape index (κ1) is 78.5. The zero-order valence-electron chi connectivity index (χ0n) is 56.1. The summed E-state index contributed by atoms with van der Waals surface area (Å²) in [5.41, 5.74) is 7.78. The molecule has 1 fully saturated rings. The molecule has 1 aliphatic rings. The van der Waals surface area contributed by atoms with Crippen molar-refractivity contribution < 1.29 is 53.2 Å². The number of fused-ring (bicyclic) bond motifs is 1. The Hall–Kier alpha value is -8.60. The summed E-state index contributed by atoms with van der Waals surface area (Å²) in [6.45, 7) is 10.4. The number of rotatable bonds is 27. The fourth-order valence-electron chi connectivity index (χ4n) is 10.6. The third-order valence-corrected chi connectivity index (χ3v) is 20.4. The molecule has 0 spiro atoms. The number of carboxylic acid groups (broad SMARTS) is 1. The van der Waals surface area contributed by atoms with Crippen molar-refractivity contribution in [3.8, 4) is 28.7 Å². The number of unbranched alkanes of at least 4 members (excludes halogenated alkanes) is 5. The molecule has 9 aromatic carbocycles. The molecule has 7 N–H and O–H groups in total. The van der Waals surface area contributed by atoms with Crippen molar-refractivity contribution in [3.63, 3.8) is 0 Å². The molecule has 10 rings (SSSR count). The fraction of sp³-hybridized carbons (Fsp3) is 0.224. The smallest absolute Gasteiger partial charge is 0.303 e. The van der Waals surface area contributed by atoms with Crippen LogP contribution in [0.1, 0.15) is 109 Å². The van der Waals surface area contributed by atoms with Gasteiger partial charge in [-0.3, -0.25) is 34.2 Å². The molecule has 18 nitrogen and oxygen atoms in total. The summed E-state index contributed by atoms with van der Waals surface area (Å²) in [4.78, 5) is 82.9. The summed E-state index contributed by atoms with van der Waals surface area (Å²) in [5.74, 6) is -1.69. The summed E-state index contributed by atoms with van der Waals surface area (Å²) in [5, 5.41) is 32.0. The predicted molar refractivity (Wildman–Crippen MR) is 416 cm³/mol. The molecule has 1 heterocycles. The van der Waals surface area contributed by atoms with Crippen molar-refractivity contribution in [1.29, 1.82) is 0 Å². The normalized spacial score (nSPS) is 13.2. The highest BCUT2D eigenvalue weighted by molar-refractivity contribution is 8.01. The van der Waals surface area contributed by atoms with Gasteiger partial charge in [-0.2, -0.15) is 0 Å². The average Bonchev–Trinajstić information content (AvgIpc) is 1.42. The number of thioether (sulfide) groups is 1. The van der Waals surface area contributed by atoms with Gasteiger partial charge in [0.05, 0.1) is 81.4 Å². The maximum atomic E-state index is 14.5. The van der Waals surface area contributed by atoms with Crippen molar-refractivity contribution in [1.82, 2.24) is 5.43 Å². The van der Waals surface area contributed by atoms with Crippen molar-refractivity contribution >= 4 is 191 Å². The molecule has 536 valence electrons. The number of carbonyl (C=O) groups is 6. The lowest BCUT2D eigenvalue weighted by atomic mass is 10.0. The number of halogens is 8. The number of phenolic OH excluding ortho intramolecular Hbond substituents is 1. The maximum absolute atomic E-state index is 14.5. The van der Waals surface area contributed by atoms with E-state index in [-0.39, 0.29) is 87.1 Å². The Bertz CT molecular complexity index is 4670. The second kappa shape index (κ2) is 36.7. The first-order valence-electron chi connectivity index (χ1n) is 32.5. The first-order valence-corrected chi connectivity index (χ1v) is 36.4. The largest absolute Gasteiger partial charge is 0.506 e. The van der Waals surface area contributed by atoms with Gasteiger partial charge in [0.15, 0.2) is 6.10 Å². The summed E-state index contributed by atoms with van der Waals surface area (Å²) < 4.78 is 18.3. The minimum absolute atomic E-state index is 0.0365. The van der Waals surface area contributed by atoms with Gasteiger partial charge in [0.25, 0.3) is 23.6 Å². The second-order valence-corrected chi connectivity index (χ2v) is 27.9. The standard InChI is InChI=1S/C40H29Cl8N5O4S.C36H40N2O7/c1-4-26(57-27-15-12-18(2)16-19(27)3)38(54)51-24-10-5-6-11-28(24)58-36-37(52-53(40(36)56)35-33(47)31(45)30(44)32(46)34(35)48)50-25-17-20(13-14-21(25)41)49-39(55)29-22(42)8-7-9-23(29)43;1-3-4-5-6-7-10-21-44-31-18-13-24(2)22-30(31)38-36(43)29-23-32(27-11-8-9-12-28(27)35(29)42)45-26-16-14-25(15-17-26)37-33(39)19-20-34(40)41/h5-17,26,36H,4H2,1-3H3,(H,49,55)(H,50,52)(H,51,54);8-9,11-18,22-23,42H,3-7,10,19-21H2,1-2H3,(H,37,39)(H,38,43)(H,40,41). The van der Waals surface area contributed by atoms with Crippen LogP contribution in [0.4, 0.5) is 34.1 Å². The van der Waals surface area contributed by atoms with Crippen LogP contribution in [-0.2, 0) is 19.2 Å². The van der Waals surface area contributed by atoms with Gasteiger partial charge in [0.2, 0.25) is 5.91 Å². The van der Waals surface area contributed by atoms with Crippen LogP contribution < -0.4 is 45.9 Å². The van der Waals surface area contributed by atoms with Gasteiger partial charge in [-0.05, 0) is 136 Å². The summed E-state index contributed by atoms with van der Waals surface area (Å²) in [6.07, 6.45) is 6.03. The number of anilines is 5. The number of nitrogens with one attached hydrogen (secondary N) is 5. The minimum Gasteiger partial charge on any atom is -0.506 e. The molecular weight excluding hydrogens is 1500 g/mol. The van der Waals surface area contributed by atoms with Crippen LogP contribution in [0.15, 0.2) is 162 Å². The lowest BCUT2D eigenvalue weighted by Crippen LogP contribution is -2.36. The first-order chi connectivity index (χ1) is 49.3. The SMILES string of the molecule is CCC(Oc1ccc(C)cc1C)C(=O)Nc1ccccc1SC1C(=O)N(c2c(Cl)c(Cl)c(Cl)c(Cl)c2Cl)NC1=Nc1cc(NC(=O)c2c(Cl)cccc2Cl)ccc1Cl.CCCCCCCCOc1ccc(C)cc1NC(=O)c1cc(Oc2ccc(NC(=O)CCC(=O)O)cc2)c2ccccc2c1O. The van der Waals surface area contributed by atoms with Crippen LogP contribution in [0, 0.1) is 20.8 Å². The van der Waals surface area contributed by atoms with Gasteiger partial charge in [-0.25, -0.2) is 10.0 Å². The minimum atomic E-state index is -1.14. The molecule has 27 heteroatoms. The van der Waals surface area contributed by atoms with E-state index >= 15 is 0 Å². The molecule has 103 heavy (non-hydrogen) atoms. The van der Waals surface area contributed by atoms with Gasteiger partial charge in [-0.1, -0.05) is 205 Å². The monoisotopic (exact) mass is 1570 g/mol. The van der Waals surface area contributed by atoms with Crippen molar-refractivity contribution in [2.75, 3.05) is 32.9 Å². The van der Waals surface area contributed by atoms with Gasteiger partial charge in [0.1, 0.15) is 45.5 Å². The topological polar surface area (TPSA) is 246 Å². The maximum Gasteiger partial charge on any atom is 0.303 e. The van der Waals surface area contributed by atoms with Crippen LogP contribution in [0.25, 0.3) is 10.8 Å². The quantitative estimate of drug-likeness (QED) is 0.0144. The third kappa shape index (κ3) is 20.2. The Morgan fingerprint density at radius 2 is 1.23 bits per heavy atom. The zero-order chi connectivity index (χ0) is 74.2. The number of hydrogen-bond donors (Lipinski definition) is 7. The number of aliphatic imine (C=N–C) groups is 1. The van der Waals surface area contributed by atoms with E-state index in [9.17, 15) is 33.9 Å². The number of aromatic hydroxyl groups is 1. The van der Waals surface area contributed by atoms with Crippen molar-refractivity contribution in [2.24, 2.45) is 4.99 Å². The number of hydrogen-bond acceptors (Lipinski definition) is 12. The van der Waals surface area contributed by atoms with E-state index in [1.54, 1.807) is 91.0 Å². The second-order valence-electron chi connectivity index (χ2n) is 23.6. The van der Waals surface area contributed by atoms with Crippen LogP contribution in [0.5, 0.6) is 28.7 Å². The summed E-state index contributed by atoms with van der Waals surface area (Å²) in [7, 11) is 0. The van der Waals surface area contributed by atoms with E-state index in [4.69, 9.17) is 117 Å². The zero-order valence-corrected chi connectivity index (χ0v) is 62.9. The Morgan fingerprint density at radius 3 is 1.91 bits per heavy atom. The highest BCUT2D eigenvalue weighted by Gasteiger charge is 2.43. The molecule has 2 unspecified atom stereocenters. The molecule has 0 radical (unpaired) electrons. The number of nitrogens with zero attached hydrogens (tertiary/aromatic N) is 2. The van der Waals surface area contributed by atoms with Crippen LogP contribution in [-0.4, -0.2) is 69.5 Å². The fourth-order valence-corrected chi connectivity index (χ4v) is 13.7. The molecule has 0 aromatic heterocycles. The molecule has 1 aliphatic heterocycles. The van der Waals surface area contributed by atoms with Gasteiger partial charge >= 0.3 is 5.97 Å². The number of phenols is 1. The number of ether oxygens (including phenoxy) is 3. The van der Waals surface area contributed by atoms with E-state index < -0.39 is 46.9 Å². The van der Waals surface area contributed by atoms with Crippen LogP contribution >= 0.6 is 105 Å². The predicted octanol–water partition coefficient (Wildman–Crippen LogP) is 21.8. The van der Waals surface area contributed by atoms with E-state index in [0.717, 1.165) is 46.3 Å². The number of para-hydroxylation sites is 1. The number of carbonyl (C=O) groups excluding carboxylic acids is 5. The number of carboxylic acids is 1. The van der Waals surface area contributed by atoms with E-state index in [1.165, 1.54) is 43.9 Å². The molecule has 0 saturated carbocycles. The molecule has 5 amide bonds. The van der Waals surface area contributed by atoms with E-state index in [2.05, 4.69) is 33.6 Å². The van der Waals surface area contributed by atoms with Crippen molar-refractivity contribution in [2.45, 2.75) is 109 Å². The van der Waals surface area contributed by atoms with Gasteiger partial charge in [-0.15, -0.1) is 11.8 Å². The lowest BCUT2D eigenvalue weighted by Gasteiger charge is -2.21. The summed E-state index contributed by atoms with van der Waals surface area (Å²) >= 11 is 52.6. The van der Waals surface area contributed by atoms with Crippen LogP contribution in [0.2, 0.25) is 40.2 Å². The number of amides is 5. The average molecular weight is 1570 g/mol. The molecule has 2 atom stereocenters. The Balaban J connectivity index is 0.000000247. The number of hydrazine groups is 1. The highest BCUT2D eigenvalue weighted by Crippen LogP contribution is 2.50. The van der Waals surface area contributed by atoms with Gasteiger partial charge in [0, 0.05) is 33.5 Å². The summed E-state index contributed by atoms with van der Waals surface area (Å²) in [6, 6.07) is 42.7. The number of aryl methyl sites for hydroxylation is 3. The van der Waals surface area contributed by atoms with E-state index in [1.807, 2.05) is 70.2 Å². The Morgan fingerprint density at radius 1 is 0.602 bits per heavy atom. The Labute approximate surface area is 639 Å². The molecule has 1 saturated heterocycles. The van der Waals surface area contributed by atoms with Gasteiger partial charge < -0.3 is 45.7 Å². The number of benzene rings is 9. The van der Waals surface area contributed by atoms with Crippen LogP contribution in [0.3, 0.4) is 0 Å².